The molecule has 5 nitrogen and oxygen atoms in total. The van der Waals surface area contributed by atoms with Crippen LogP contribution in [0, 0.1) is 5.92 Å². The molecule has 1 unspecified atom stereocenters. The minimum Gasteiger partial charge on any atom is -0.323 e. The van der Waals surface area contributed by atoms with Crippen molar-refractivity contribution in [1.82, 2.24) is 15.1 Å². The van der Waals surface area contributed by atoms with Gasteiger partial charge in [0, 0.05) is 6.54 Å². The highest BCUT2D eigenvalue weighted by Gasteiger charge is 2.54. The number of hydrogen-bond donors (Lipinski definition) is 1. The van der Waals surface area contributed by atoms with E-state index in [1.54, 1.807) is 13.0 Å². The molecule has 3 rings (SSSR count). The largest absolute Gasteiger partial charge is 0.416 e. The van der Waals surface area contributed by atoms with E-state index in [0.717, 1.165) is 11.6 Å². The van der Waals surface area contributed by atoms with E-state index in [0.29, 0.717) is 44.5 Å². The summed E-state index contributed by atoms with van der Waals surface area (Å²) in [6.07, 6.45) is -2.46. The zero-order valence-electron chi connectivity index (χ0n) is 17.4. The Bertz CT molecular complexity index is 831. The van der Waals surface area contributed by atoms with Crippen LogP contribution in [0.25, 0.3) is 0 Å². The van der Waals surface area contributed by atoms with Crippen LogP contribution in [-0.2, 0) is 17.5 Å². The third-order valence-electron chi connectivity index (χ3n) is 6.13. The Labute approximate surface area is 174 Å². The molecule has 0 spiro atoms. The summed E-state index contributed by atoms with van der Waals surface area (Å²) in [5.74, 6) is -0.207. The lowest BCUT2D eigenvalue weighted by Gasteiger charge is -2.40. The highest BCUT2D eigenvalue weighted by atomic mass is 19.4. The van der Waals surface area contributed by atoms with Gasteiger partial charge < -0.3 is 5.32 Å². The van der Waals surface area contributed by atoms with Crippen molar-refractivity contribution in [1.29, 1.82) is 0 Å². The van der Waals surface area contributed by atoms with Gasteiger partial charge in [0.1, 0.15) is 5.54 Å². The van der Waals surface area contributed by atoms with E-state index in [1.165, 1.54) is 17.0 Å². The standard InChI is InChI=1S/C22H28F3N3O2/c1-4-21(19(29)28(13-15(2)3)20(30)26-21)17-8-10-27(11-9-17)14-16-6-5-7-18(12-16)22(23,24)25/h5-7,12,17H,2,4,8-11,13-14H2,1,3H3,(H,26,30). The first-order chi connectivity index (χ1) is 14.1. The van der Waals surface area contributed by atoms with Crippen LogP contribution in [0.15, 0.2) is 36.4 Å². The van der Waals surface area contributed by atoms with Crippen molar-refractivity contribution < 1.29 is 22.8 Å². The Morgan fingerprint density at radius 2 is 1.93 bits per heavy atom. The Kier molecular flexibility index (Phi) is 6.26. The summed E-state index contributed by atoms with van der Waals surface area (Å²) in [7, 11) is 0. The van der Waals surface area contributed by atoms with E-state index in [-0.39, 0.29) is 24.4 Å². The maximum atomic E-state index is 13.1. The number of rotatable bonds is 6. The molecule has 2 fully saturated rings. The predicted molar refractivity (Wildman–Crippen MR) is 108 cm³/mol. The number of piperidine rings is 1. The molecule has 2 aliphatic rings. The number of alkyl halides is 3. The molecule has 0 bridgehead atoms. The van der Waals surface area contributed by atoms with Crippen LogP contribution in [0.2, 0.25) is 0 Å². The summed E-state index contributed by atoms with van der Waals surface area (Å²) in [5, 5.41) is 2.93. The topological polar surface area (TPSA) is 52.7 Å². The van der Waals surface area contributed by atoms with Crippen LogP contribution < -0.4 is 5.32 Å². The second kappa shape index (κ2) is 8.41. The molecule has 30 heavy (non-hydrogen) atoms. The zero-order valence-corrected chi connectivity index (χ0v) is 17.4. The second-order valence-electron chi connectivity index (χ2n) is 8.35. The first-order valence-corrected chi connectivity index (χ1v) is 10.2. The molecule has 8 heteroatoms. The third kappa shape index (κ3) is 4.38. The quantitative estimate of drug-likeness (QED) is 0.551. The predicted octanol–water partition coefficient (Wildman–Crippen LogP) is 4.19. The van der Waals surface area contributed by atoms with Gasteiger partial charge in [0.05, 0.1) is 12.1 Å². The van der Waals surface area contributed by atoms with Gasteiger partial charge in [0.2, 0.25) is 0 Å². The molecule has 2 aliphatic heterocycles. The number of benzene rings is 1. The molecule has 0 aromatic heterocycles. The Morgan fingerprint density at radius 1 is 1.27 bits per heavy atom. The molecule has 0 radical (unpaired) electrons. The number of likely N-dealkylation sites (tertiary alicyclic amines) is 1. The van der Waals surface area contributed by atoms with E-state index >= 15 is 0 Å². The van der Waals surface area contributed by atoms with Crippen LogP contribution in [0.3, 0.4) is 0 Å². The van der Waals surface area contributed by atoms with E-state index in [1.807, 2.05) is 6.92 Å². The van der Waals surface area contributed by atoms with Crippen molar-refractivity contribution in [2.24, 2.45) is 5.92 Å². The fourth-order valence-electron chi connectivity index (χ4n) is 4.55. The van der Waals surface area contributed by atoms with Crippen LogP contribution >= 0.6 is 0 Å². The van der Waals surface area contributed by atoms with Gasteiger partial charge in [-0.25, -0.2) is 4.79 Å². The van der Waals surface area contributed by atoms with Crippen LogP contribution in [0.1, 0.15) is 44.2 Å². The SMILES string of the molecule is C=C(C)CN1C(=O)NC(CC)(C2CCN(Cc3cccc(C(F)(F)F)c3)CC2)C1=O. The van der Waals surface area contributed by atoms with Crippen molar-refractivity contribution in [3.63, 3.8) is 0 Å². The van der Waals surface area contributed by atoms with Gasteiger partial charge in [-0.2, -0.15) is 13.2 Å². The number of carbonyl (C=O) groups is 2. The third-order valence-corrected chi connectivity index (χ3v) is 6.13. The molecule has 164 valence electrons. The summed E-state index contributed by atoms with van der Waals surface area (Å²) >= 11 is 0. The Morgan fingerprint density at radius 3 is 2.50 bits per heavy atom. The first-order valence-electron chi connectivity index (χ1n) is 10.2. The molecule has 0 aliphatic carbocycles. The minimum atomic E-state index is -4.35. The van der Waals surface area contributed by atoms with Crippen LogP contribution in [0.5, 0.6) is 0 Å². The van der Waals surface area contributed by atoms with Gasteiger partial charge in [-0.05, 0) is 56.8 Å². The normalized spacial score (nSPS) is 23.7. The number of hydrogen-bond acceptors (Lipinski definition) is 3. The maximum absolute atomic E-state index is 13.1. The fourth-order valence-corrected chi connectivity index (χ4v) is 4.55. The number of amides is 3. The molecule has 2 saturated heterocycles. The van der Waals surface area contributed by atoms with Crippen LogP contribution in [-0.4, -0.2) is 46.9 Å². The molecule has 1 aromatic carbocycles. The zero-order chi connectivity index (χ0) is 22.1. The Balaban J connectivity index is 1.65. The van der Waals surface area contributed by atoms with Gasteiger partial charge in [-0.3, -0.25) is 14.6 Å². The number of nitrogens with one attached hydrogen (secondary N) is 1. The van der Waals surface area contributed by atoms with E-state index < -0.39 is 17.3 Å². The molecule has 1 N–H and O–H groups in total. The molecule has 1 aromatic rings. The summed E-state index contributed by atoms with van der Waals surface area (Å²) in [5.41, 5.74) is -0.196. The molecule has 3 amide bonds. The molecule has 1 atom stereocenters. The molecule has 0 saturated carbocycles. The van der Waals surface area contributed by atoms with E-state index in [2.05, 4.69) is 16.8 Å². The van der Waals surface area contributed by atoms with Crippen molar-refractivity contribution in [3.8, 4) is 0 Å². The Hall–Kier alpha value is -2.35. The second-order valence-corrected chi connectivity index (χ2v) is 8.35. The first kappa shape index (κ1) is 22.3. The monoisotopic (exact) mass is 423 g/mol. The van der Waals surface area contributed by atoms with Crippen molar-refractivity contribution in [2.45, 2.75) is 51.4 Å². The lowest BCUT2D eigenvalue weighted by molar-refractivity contribution is -0.137. The van der Waals surface area contributed by atoms with E-state index in [4.69, 9.17) is 0 Å². The lowest BCUT2D eigenvalue weighted by atomic mass is 9.75. The summed E-state index contributed by atoms with van der Waals surface area (Å²) < 4.78 is 38.8. The number of halogens is 3. The highest BCUT2D eigenvalue weighted by Crippen LogP contribution is 2.37. The summed E-state index contributed by atoms with van der Waals surface area (Å²) in [4.78, 5) is 28.8. The van der Waals surface area contributed by atoms with Crippen molar-refractivity contribution in [3.05, 3.63) is 47.5 Å². The van der Waals surface area contributed by atoms with E-state index in [9.17, 15) is 22.8 Å². The number of imide groups is 1. The number of nitrogens with zero attached hydrogens (tertiary/aromatic N) is 2. The molecule has 2 heterocycles. The fraction of sp³-hybridized carbons (Fsp3) is 0.545. The number of carbonyl (C=O) groups excluding carboxylic acids is 2. The van der Waals surface area contributed by atoms with Gasteiger partial charge in [0.25, 0.3) is 5.91 Å². The number of urea groups is 1. The smallest absolute Gasteiger partial charge is 0.323 e. The van der Waals surface area contributed by atoms with Gasteiger partial charge in [0.15, 0.2) is 0 Å². The van der Waals surface area contributed by atoms with Crippen LogP contribution in [0.4, 0.5) is 18.0 Å². The summed E-state index contributed by atoms with van der Waals surface area (Å²) in [6, 6.07) is 5.02. The maximum Gasteiger partial charge on any atom is 0.416 e. The molecular weight excluding hydrogens is 395 g/mol. The average molecular weight is 423 g/mol. The van der Waals surface area contributed by atoms with Gasteiger partial charge in [-0.15, -0.1) is 0 Å². The minimum absolute atomic E-state index is 0.00756. The lowest BCUT2D eigenvalue weighted by Crippen LogP contribution is -2.55. The van der Waals surface area contributed by atoms with Gasteiger partial charge in [-0.1, -0.05) is 37.3 Å². The average Bonchev–Trinajstić information content (AvgIpc) is 2.93. The van der Waals surface area contributed by atoms with Crippen molar-refractivity contribution >= 4 is 11.9 Å². The molecular formula is C22H28F3N3O2. The summed E-state index contributed by atoms with van der Waals surface area (Å²) in [6.45, 7) is 9.43. The van der Waals surface area contributed by atoms with Gasteiger partial charge >= 0.3 is 12.2 Å². The highest BCUT2D eigenvalue weighted by molar-refractivity contribution is 6.07. The van der Waals surface area contributed by atoms with Crippen molar-refractivity contribution in [2.75, 3.05) is 19.6 Å².